The minimum absolute atomic E-state index is 0.386. The molecule has 0 aliphatic carbocycles. The van der Waals surface area contributed by atoms with E-state index in [2.05, 4.69) is 4.98 Å². The van der Waals surface area contributed by atoms with Crippen molar-refractivity contribution in [1.82, 2.24) is 4.98 Å². The Bertz CT molecular complexity index is 220. The van der Waals surface area contributed by atoms with E-state index in [1.807, 2.05) is 13.0 Å². The second kappa shape index (κ2) is 2.80. The van der Waals surface area contributed by atoms with Gasteiger partial charge in [-0.1, -0.05) is 0 Å². The van der Waals surface area contributed by atoms with Crippen molar-refractivity contribution in [2.75, 3.05) is 0 Å². The van der Waals surface area contributed by atoms with Gasteiger partial charge in [0.15, 0.2) is 0 Å². The van der Waals surface area contributed by atoms with Crippen molar-refractivity contribution in [3.05, 3.63) is 29.6 Å². The van der Waals surface area contributed by atoms with Gasteiger partial charge in [0.05, 0.1) is 6.10 Å². The zero-order valence-electron chi connectivity index (χ0n) is 6.20. The highest BCUT2D eigenvalue weighted by Crippen LogP contribution is 2.14. The van der Waals surface area contributed by atoms with Crippen LogP contribution in [0.25, 0.3) is 0 Å². The number of aliphatic hydroxyl groups is 1. The number of hydrogen-bond donors (Lipinski definition) is 1. The highest BCUT2D eigenvalue weighted by Gasteiger charge is 2.01. The first-order valence-electron chi connectivity index (χ1n) is 3.30. The van der Waals surface area contributed by atoms with Crippen molar-refractivity contribution in [1.29, 1.82) is 0 Å². The van der Waals surface area contributed by atoms with E-state index in [4.69, 9.17) is 0 Å². The molecule has 1 atom stereocenters. The smallest absolute Gasteiger partial charge is 0.0765 e. The minimum atomic E-state index is -0.386. The number of rotatable bonds is 1. The van der Waals surface area contributed by atoms with Gasteiger partial charge >= 0.3 is 0 Å². The third-order valence-corrected chi connectivity index (χ3v) is 1.51. The molecule has 0 fully saturated rings. The lowest BCUT2D eigenvalue weighted by Crippen LogP contribution is -1.94. The average molecular weight is 137 g/mol. The maximum atomic E-state index is 9.18. The number of aromatic nitrogens is 1. The fourth-order valence-electron chi connectivity index (χ4n) is 0.953. The van der Waals surface area contributed by atoms with Crippen LogP contribution < -0.4 is 0 Å². The molecule has 0 aliphatic heterocycles. The highest BCUT2D eigenvalue weighted by molar-refractivity contribution is 5.23. The standard InChI is InChI=1S/C8H11NO/c1-6-5-9-4-3-8(6)7(2)10/h3-5,7,10H,1-2H3/t7-/m1/s1. The molecule has 0 amide bonds. The molecule has 0 aliphatic rings. The lowest BCUT2D eigenvalue weighted by Gasteiger charge is -2.05. The van der Waals surface area contributed by atoms with Crippen LogP contribution in [0.2, 0.25) is 0 Å². The second-order valence-corrected chi connectivity index (χ2v) is 2.41. The zero-order valence-corrected chi connectivity index (χ0v) is 6.20. The Hall–Kier alpha value is -0.890. The minimum Gasteiger partial charge on any atom is -0.389 e. The van der Waals surface area contributed by atoms with E-state index in [-0.39, 0.29) is 6.10 Å². The van der Waals surface area contributed by atoms with Crippen molar-refractivity contribution in [2.45, 2.75) is 20.0 Å². The summed E-state index contributed by atoms with van der Waals surface area (Å²) in [5.41, 5.74) is 1.99. The Morgan fingerprint density at radius 1 is 1.60 bits per heavy atom. The molecule has 1 rings (SSSR count). The normalized spacial score (nSPS) is 13.1. The fourth-order valence-corrected chi connectivity index (χ4v) is 0.953. The summed E-state index contributed by atoms with van der Waals surface area (Å²) in [6.07, 6.45) is 3.06. The largest absolute Gasteiger partial charge is 0.389 e. The molecule has 1 aromatic heterocycles. The molecule has 0 spiro atoms. The van der Waals surface area contributed by atoms with Gasteiger partial charge in [0.1, 0.15) is 0 Å². The van der Waals surface area contributed by atoms with E-state index >= 15 is 0 Å². The summed E-state index contributed by atoms with van der Waals surface area (Å²) < 4.78 is 0. The van der Waals surface area contributed by atoms with Gasteiger partial charge in [-0.2, -0.15) is 0 Å². The average Bonchev–Trinajstić information content (AvgIpc) is 1.88. The Balaban J connectivity index is 3.03. The quantitative estimate of drug-likeness (QED) is 0.635. The van der Waals surface area contributed by atoms with E-state index in [0.717, 1.165) is 11.1 Å². The van der Waals surface area contributed by atoms with Crippen LogP contribution in [0.5, 0.6) is 0 Å². The van der Waals surface area contributed by atoms with Crippen LogP contribution in [0.1, 0.15) is 24.2 Å². The summed E-state index contributed by atoms with van der Waals surface area (Å²) >= 11 is 0. The van der Waals surface area contributed by atoms with Crippen molar-refractivity contribution in [3.63, 3.8) is 0 Å². The molecular formula is C8H11NO. The Morgan fingerprint density at radius 3 is 2.70 bits per heavy atom. The van der Waals surface area contributed by atoms with Gasteiger partial charge in [0.2, 0.25) is 0 Å². The molecule has 10 heavy (non-hydrogen) atoms. The van der Waals surface area contributed by atoms with Gasteiger partial charge < -0.3 is 5.11 Å². The van der Waals surface area contributed by atoms with E-state index < -0.39 is 0 Å². The predicted octanol–water partition coefficient (Wildman–Crippen LogP) is 1.44. The molecule has 0 aromatic carbocycles. The number of pyridine rings is 1. The third-order valence-electron chi connectivity index (χ3n) is 1.51. The molecule has 1 aromatic rings. The first kappa shape index (κ1) is 7.22. The Kier molecular flexibility index (Phi) is 2.02. The molecule has 2 nitrogen and oxygen atoms in total. The molecule has 1 N–H and O–H groups in total. The molecule has 54 valence electrons. The second-order valence-electron chi connectivity index (χ2n) is 2.41. The summed E-state index contributed by atoms with van der Waals surface area (Å²) in [7, 11) is 0. The van der Waals surface area contributed by atoms with Crippen molar-refractivity contribution >= 4 is 0 Å². The van der Waals surface area contributed by atoms with Crippen LogP contribution in [0.4, 0.5) is 0 Å². The van der Waals surface area contributed by atoms with Gasteiger partial charge in [0.25, 0.3) is 0 Å². The lowest BCUT2D eigenvalue weighted by molar-refractivity contribution is 0.198. The molecule has 0 saturated carbocycles. The summed E-state index contributed by atoms with van der Waals surface area (Å²) in [5.74, 6) is 0. The first-order valence-corrected chi connectivity index (χ1v) is 3.30. The van der Waals surface area contributed by atoms with Gasteiger partial charge in [-0.05, 0) is 31.0 Å². The van der Waals surface area contributed by atoms with E-state index in [0.29, 0.717) is 0 Å². The van der Waals surface area contributed by atoms with Gasteiger partial charge in [-0.25, -0.2) is 0 Å². The highest BCUT2D eigenvalue weighted by atomic mass is 16.3. The monoisotopic (exact) mass is 137 g/mol. The molecule has 1 heterocycles. The van der Waals surface area contributed by atoms with E-state index in [1.165, 1.54) is 0 Å². The summed E-state index contributed by atoms with van der Waals surface area (Å²) in [6.45, 7) is 3.69. The topological polar surface area (TPSA) is 33.1 Å². The van der Waals surface area contributed by atoms with Crippen LogP contribution in [0, 0.1) is 6.92 Å². The Labute approximate surface area is 60.5 Å². The molecule has 0 bridgehead atoms. The van der Waals surface area contributed by atoms with Crippen molar-refractivity contribution in [2.24, 2.45) is 0 Å². The molecule has 0 radical (unpaired) electrons. The zero-order chi connectivity index (χ0) is 7.56. The molecule has 2 heteroatoms. The molecule has 0 unspecified atom stereocenters. The summed E-state index contributed by atoms with van der Waals surface area (Å²) in [5, 5.41) is 9.18. The molecular weight excluding hydrogens is 126 g/mol. The van der Waals surface area contributed by atoms with Crippen molar-refractivity contribution in [3.8, 4) is 0 Å². The van der Waals surface area contributed by atoms with Gasteiger partial charge in [-0.3, -0.25) is 4.98 Å². The van der Waals surface area contributed by atoms with Crippen LogP contribution in [-0.4, -0.2) is 10.1 Å². The number of aryl methyl sites for hydroxylation is 1. The summed E-state index contributed by atoms with van der Waals surface area (Å²) in [4.78, 5) is 3.92. The van der Waals surface area contributed by atoms with Crippen LogP contribution in [-0.2, 0) is 0 Å². The van der Waals surface area contributed by atoms with Gasteiger partial charge in [-0.15, -0.1) is 0 Å². The number of aliphatic hydroxyl groups excluding tert-OH is 1. The predicted molar refractivity (Wildman–Crippen MR) is 39.6 cm³/mol. The maximum absolute atomic E-state index is 9.18. The fraction of sp³-hybridized carbons (Fsp3) is 0.375. The maximum Gasteiger partial charge on any atom is 0.0765 e. The number of hydrogen-bond acceptors (Lipinski definition) is 2. The Morgan fingerprint density at radius 2 is 2.30 bits per heavy atom. The summed E-state index contributed by atoms with van der Waals surface area (Å²) in [6, 6.07) is 1.83. The third kappa shape index (κ3) is 1.33. The van der Waals surface area contributed by atoms with Crippen LogP contribution in [0.3, 0.4) is 0 Å². The van der Waals surface area contributed by atoms with E-state index in [9.17, 15) is 5.11 Å². The van der Waals surface area contributed by atoms with Crippen molar-refractivity contribution < 1.29 is 5.11 Å². The SMILES string of the molecule is Cc1cnccc1[C@@H](C)O. The van der Waals surface area contributed by atoms with Crippen LogP contribution in [0.15, 0.2) is 18.5 Å². The first-order chi connectivity index (χ1) is 4.72. The van der Waals surface area contributed by atoms with E-state index in [1.54, 1.807) is 19.3 Å². The van der Waals surface area contributed by atoms with Crippen LogP contribution >= 0.6 is 0 Å². The lowest BCUT2D eigenvalue weighted by atomic mass is 10.1. The molecule has 0 saturated heterocycles. The van der Waals surface area contributed by atoms with Gasteiger partial charge in [0, 0.05) is 12.4 Å². The number of nitrogens with zero attached hydrogens (tertiary/aromatic N) is 1.